The number of hydrogen-bond donors (Lipinski definition) is 2. The predicted molar refractivity (Wildman–Crippen MR) is 86.6 cm³/mol. The molecule has 6 nitrogen and oxygen atoms in total. The van der Waals surface area contributed by atoms with Crippen LogP contribution in [0.2, 0.25) is 0 Å². The summed E-state index contributed by atoms with van der Waals surface area (Å²) in [5.74, 6) is 0.842. The molecule has 2 heterocycles. The van der Waals surface area contributed by atoms with E-state index >= 15 is 0 Å². The summed E-state index contributed by atoms with van der Waals surface area (Å²) in [7, 11) is 0. The van der Waals surface area contributed by atoms with Crippen molar-refractivity contribution in [3.05, 3.63) is 0 Å². The Kier molecular flexibility index (Phi) is 6.64. The SMILES string of the molecule is CC(C)CNC(=O)NC(=O)CN1CC[C@@H](CN2CCCC2)C1. The van der Waals surface area contributed by atoms with Crippen LogP contribution in [0, 0.1) is 11.8 Å². The van der Waals surface area contributed by atoms with Crippen molar-refractivity contribution in [2.24, 2.45) is 11.8 Å². The molecule has 2 rings (SSSR count). The van der Waals surface area contributed by atoms with Gasteiger partial charge in [0.25, 0.3) is 0 Å². The summed E-state index contributed by atoms with van der Waals surface area (Å²) in [5.41, 5.74) is 0. The van der Waals surface area contributed by atoms with Crippen LogP contribution in [0.5, 0.6) is 0 Å². The van der Waals surface area contributed by atoms with Gasteiger partial charge in [-0.3, -0.25) is 15.0 Å². The molecule has 0 aliphatic carbocycles. The van der Waals surface area contributed by atoms with Gasteiger partial charge in [0, 0.05) is 19.6 Å². The molecule has 2 aliphatic rings. The number of rotatable bonds is 6. The lowest BCUT2D eigenvalue weighted by Gasteiger charge is -2.20. The minimum Gasteiger partial charge on any atom is -0.338 e. The van der Waals surface area contributed by atoms with Gasteiger partial charge in [-0.25, -0.2) is 4.79 Å². The quantitative estimate of drug-likeness (QED) is 0.764. The third-order valence-corrected chi connectivity index (χ3v) is 4.38. The Balaban J connectivity index is 1.62. The van der Waals surface area contributed by atoms with Gasteiger partial charge in [0.2, 0.25) is 5.91 Å². The molecule has 126 valence electrons. The largest absolute Gasteiger partial charge is 0.338 e. The Morgan fingerprint density at radius 1 is 1.14 bits per heavy atom. The average molecular weight is 310 g/mol. The number of nitrogens with one attached hydrogen (secondary N) is 2. The summed E-state index contributed by atoms with van der Waals surface area (Å²) in [5, 5.41) is 5.11. The monoisotopic (exact) mass is 310 g/mol. The highest BCUT2D eigenvalue weighted by Gasteiger charge is 2.26. The summed E-state index contributed by atoms with van der Waals surface area (Å²) in [6, 6.07) is -0.383. The van der Waals surface area contributed by atoms with E-state index in [4.69, 9.17) is 0 Å². The number of urea groups is 1. The molecule has 0 spiro atoms. The molecule has 0 bridgehead atoms. The van der Waals surface area contributed by atoms with E-state index in [0.717, 1.165) is 26.1 Å². The fraction of sp³-hybridized carbons (Fsp3) is 0.875. The van der Waals surface area contributed by atoms with E-state index in [0.29, 0.717) is 24.9 Å². The Labute approximate surface area is 133 Å². The van der Waals surface area contributed by atoms with Crippen molar-refractivity contribution >= 4 is 11.9 Å². The van der Waals surface area contributed by atoms with Gasteiger partial charge in [-0.15, -0.1) is 0 Å². The molecule has 0 aromatic heterocycles. The lowest BCUT2D eigenvalue weighted by atomic mass is 10.1. The Hall–Kier alpha value is -1.14. The minimum atomic E-state index is -0.383. The first-order valence-corrected chi connectivity index (χ1v) is 8.55. The summed E-state index contributed by atoms with van der Waals surface area (Å²) in [6.45, 7) is 10.5. The number of amides is 3. The summed E-state index contributed by atoms with van der Waals surface area (Å²) in [4.78, 5) is 28.1. The van der Waals surface area contributed by atoms with Crippen LogP contribution in [0.3, 0.4) is 0 Å². The molecule has 2 saturated heterocycles. The number of nitrogens with zero attached hydrogens (tertiary/aromatic N) is 2. The van der Waals surface area contributed by atoms with Gasteiger partial charge in [-0.05, 0) is 50.7 Å². The smallest absolute Gasteiger partial charge is 0.321 e. The van der Waals surface area contributed by atoms with Gasteiger partial charge >= 0.3 is 6.03 Å². The second-order valence-electron chi connectivity index (χ2n) is 7.05. The van der Waals surface area contributed by atoms with Crippen LogP contribution in [0.4, 0.5) is 4.79 Å². The van der Waals surface area contributed by atoms with Crippen molar-refractivity contribution < 1.29 is 9.59 Å². The van der Waals surface area contributed by atoms with E-state index in [9.17, 15) is 9.59 Å². The van der Waals surface area contributed by atoms with Crippen molar-refractivity contribution in [1.82, 2.24) is 20.4 Å². The number of carbonyl (C=O) groups excluding carboxylic acids is 2. The van der Waals surface area contributed by atoms with Crippen molar-refractivity contribution in [2.75, 3.05) is 45.8 Å². The molecule has 3 amide bonds. The van der Waals surface area contributed by atoms with Gasteiger partial charge in [0.15, 0.2) is 0 Å². The fourth-order valence-corrected chi connectivity index (χ4v) is 3.25. The standard InChI is InChI=1S/C16H30N4O2/c1-13(2)9-17-16(22)18-15(21)12-20-8-5-14(11-20)10-19-6-3-4-7-19/h13-14H,3-12H2,1-2H3,(H2,17,18,21,22)/t14-/m0/s1. The van der Waals surface area contributed by atoms with Gasteiger partial charge in [0.1, 0.15) is 0 Å². The summed E-state index contributed by atoms with van der Waals surface area (Å²) in [6.07, 6.45) is 3.80. The molecule has 2 N–H and O–H groups in total. The van der Waals surface area contributed by atoms with E-state index in [1.54, 1.807) is 0 Å². The Bertz CT molecular complexity index is 380. The molecule has 0 unspecified atom stereocenters. The lowest BCUT2D eigenvalue weighted by molar-refractivity contribution is -0.120. The highest BCUT2D eigenvalue weighted by atomic mass is 16.2. The van der Waals surface area contributed by atoms with E-state index in [1.807, 2.05) is 13.8 Å². The zero-order valence-electron chi connectivity index (χ0n) is 13.9. The maximum Gasteiger partial charge on any atom is 0.321 e. The summed E-state index contributed by atoms with van der Waals surface area (Å²) >= 11 is 0. The molecule has 6 heteroatoms. The first-order chi connectivity index (χ1) is 10.5. The molecule has 0 saturated carbocycles. The van der Waals surface area contributed by atoms with Crippen LogP contribution in [-0.2, 0) is 4.79 Å². The fourth-order valence-electron chi connectivity index (χ4n) is 3.25. The van der Waals surface area contributed by atoms with Crippen molar-refractivity contribution in [3.8, 4) is 0 Å². The summed E-state index contributed by atoms with van der Waals surface area (Å²) < 4.78 is 0. The van der Waals surface area contributed by atoms with E-state index in [2.05, 4.69) is 20.4 Å². The van der Waals surface area contributed by atoms with Crippen LogP contribution in [-0.4, -0.2) is 67.6 Å². The zero-order chi connectivity index (χ0) is 15.9. The normalized spacial score (nSPS) is 23.1. The van der Waals surface area contributed by atoms with Crippen molar-refractivity contribution in [3.63, 3.8) is 0 Å². The average Bonchev–Trinajstić information content (AvgIpc) is 3.09. The van der Waals surface area contributed by atoms with Crippen LogP contribution in [0.15, 0.2) is 0 Å². The third-order valence-electron chi connectivity index (χ3n) is 4.38. The van der Waals surface area contributed by atoms with Gasteiger partial charge in [0.05, 0.1) is 6.54 Å². The van der Waals surface area contributed by atoms with E-state index in [-0.39, 0.29) is 11.9 Å². The second-order valence-corrected chi connectivity index (χ2v) is 7.05. The lowest BCUT2D eigenvalue weighted by Crippen LogP contribution is -2.45. The number of likely N-dealkylation sites (tertiary alicyclic amines) is 2. The first-order valence-electron chi connectivity index (χ1n) is 8.55. The van der Waals surface area contributed by atoms with E-state index in [1.165, 1.54) is 25.9 Å². The highest BCUT2D eigenvalue weighted by molar-refractivity contribution is 5.95. The Morgan fingerprint density at radius 3 is 2.55 bits per heavy atom. The predicted octanol–water partition coefficient (Wildman–Crippen LogP) is 0.886. The number of carbonyl (C=O) groups is 2. The van der Waals surface area contributed by atoms with Crippen LogP contribution in [0.25, 0.3) is 0 Å². The van der Waals surface area contributed by atoms with Gasteiger partial charge in [-0.2, -0.15) is 0 Å². The molecule has 1 atom stereocenters. The molecular weight excluding hydrogens is 280 g/mol. The third kappa shape index (κ3) is 5.93. The molecular formula is C16H30N4O2. The van der Waals surface area contributed by atoms with Gasteiger partial charge in [-0.1, -0.05) is 13.8 Å². The van der Waals surface area contributed by atoms with Crippen LogP contribution >= 0.6 is 0 Å². The maximum absolute atomic E-state index is 11.9. The molecule has 0 aromatic rings. The minimum absolute atomic E-state index is 0.205. The number of imide groups is 1. The Morgan fingerprint density at radius 2 is 1.86 bits per heavy atom. The van der Waals surface area contributed by atoms with E-state index < -0.39 is 0 Å². The van der Waals surface area contributed by atoms with Crippen LogP contribution in [0.1, 0.15) is 33.1 Å². The second kappa shape index (κ2) is 8.48. The zero-order valence-corrected chi connectivity index (χ0v) is 13.9. The molecule has 0 radical (unpaired) electrons. The van der Waals surface area contributed by atoms with Crippen molar-refractivity contribution in [2.45, 2.75) is 33.1 Å². The molecule has 2 aliphatic heterocycles. The molecule has 22 heavy (non-hydrogen) atoms. The van der Waals surface area contributed by atoms with Crippen molar-refractivity contribution in [1.29, 1.82) is 0 Å². The molecule has 0 aromatic carbocycles. The van der Waals surface area contributed by atoms with Crippen LogP contribution < -0.4 is 10.6 Å². The molecule has 2 fully saturated rings. The number of hydrogen-bond acceptors (Lipinski definition) is 4. The highest BCUT2D eigenvalue weighted by Crippen LogP contribution is 2.19. The first kappa shape index (κ1) is 17.2. The van der Waals surface area contributed by atoms with Gasteiger partial charge < -0.3 is 10.2 Å². The topological polar surface area (TPSA) is 64.7 Å². The maximum atomic E-state index is 11.9.